The van der Waals surface area contributed by atoms with Crippen molar-refractivity contribution in [1.29, 1.82) is 0 Å². The minimum absolute atomic E-state index is 0.148. The molecule has 1 aromatic carbocycles. The zero-order valence-electron chi connectivity index (χ0n) is 12.8. The quantitative estimate of drug-likeness (QED) is 0.606. The van der Waals surface area contributed by atoms with Crippen LogP contribution in [0.3, 0.4) is 0 Å². The van der Waals surface area contributed by atoms with E-state index < -0.39 is 0 Å². The second kappa shape index (κ2) is 8.16. The summed E-state index contributed by atoms with van der Waals surface area (Å²) in [4.78, 5) is 0. The highest BCUT2D eigenvalue weighted by molar-refractivity contribution is 5.14. The molecule has 0 heterocycles. The molecule has 1 rings (SSSR count). The summed E-state index contributed by atoms with van der Waals surface area (Å²) in [5.74, 6) is 1.08. The highest BCUT2D eigenvalue weighted by Gasteiger charge is 2.21. The minimum Gasteiger partial charge on any atom is -0.370 e. The maximum Gasteiger partial charge on any atom is 0.0760 e. The van der Waals surface area contributed by atoms with Crippen LogP contribution < -0.4 is 0 Å². The zero-order chi connectivity index (χ0) is 14.3. The van der Waals surface area contributed by atoms with Crippen LogP contribution in [0.1, 0.15) is 39.7 Å². The van der Waals surface area contributed by atoms with E-state index in [9.17, 15) is 0 Å². The van der Waals surface area contributed by atoms with Crippen LogP contribution in [0.15, 0.2) is 43.0 Å². The molecule has 0 spiro atoms. The summed E-state index contributed by atoms with van der Waals surface area (Å²) in [5.41, 5.74) is 1.36. The summed E-state index contributed by atoms with van der Waals surface area (Å²) in [6.07, 6.45) is 4.44. The predicted molar refractivity (Wildman–Crippen MR) is 83.3 cm³/mol. The average molecular weight is 260 g/mol. The highest BCUT2D eigenvalue weighted by atomic mass is 16.5. The summed E-state index contributed by atoms with van der Waals surface area (Å²) >= 11 is 0. The normalized spacial score (nSPS) is 13.2. The molecule has 1 unspecified atom stereocenters. The van der Waals surface area contributed by atoms with Crippen LogP contribution in [0.25, 0.3) is 0 Å². The Balaban J connectivity index is 2.51. The summed E-state index contributed by atoms with van der Waals surface area (Å²) < 4.78 is 6.23. The Hall–Kier alpha value is -1.08. The Kier molecular flexibility index (Phi) is 6.86. The lowest BCUT2D eigenvalue weighted by Crippen LogP contribution is -2.30. The third-order valence-electron chi connectivity index (χ3n) is 3.47. The van der Waals surface area contributed by atoms with E-state index >= 15 is 0 Å². The molecular weight excluding hydrogens is 232 g/mol. The van der Waals surface area contributed by atoms with E-state index in [-0.39, 0.29) is 6.10 Å². The summed E-state index contributed by atoms with van der Waals surface area (Å²) in [6.45, 7) is 12.8. The Morgan fingerprint density at radius 3 is 2.11 bits per heavy atom. The molecule has 0 bridgehead atoms. The van der Waals surface area contributed by atoms with E-state index in [0.29, 0.717) is 17.9 Å². The van der Waals surface area contributed by atoms with Crippen LogP contribution in [0, 0.1) is 11.8 Å². The first kappa shape index (κ1) is 16.0. The van der Waals surface area contributed by atoms with Crippen molar-refractivity contribution >= 4 is 0 Å². The van der Waals surface area contributed by atoms with Crippen LogP contribution >= 0.6 is 0 Å². The second-order valence-corrected chi connectivity index (χ2v) is 5.89. The molecule has 0 radical (unpaired) electrons. The second-order valence-electron chi connectivity index (χ2n) is 5.89. The molecule has 0 aliphatic heterocycles. The molecule has 106 valence electrons. The van der Waals surface area contributed by atoms with Crippen LogP contribution in [-0.2, 0) is 11.2 Å². The fourth-order valence-electron chi connectivity index (χ4n) is 2.48. The average Bonchev–Trinajstić information content (AvgIpc) is 2.39. The fraction of sp³-hybridized carbons (Fsp3) is 0.556. The van der Waals surface area contributed by atoms with E-state index in [2.05, 4.69) is 64.6 Å². The topological polar surface area (TPSA) is 9.23 Å². The van der Waals surface area contributed by atoms with E-state index in [1.54, 1.807) is 0 Å². The van der Waals surface area contributed by atoms with Crippen molar-refractivity contribution in [2.24, 2.45) is 11.8 Å². The maximum atomic E-state index is 6.23. The van der Waals surface area contributed by atoms with Gasteiger partial charge in [-0.2, -0.15) is 0 Å². The lowest BCUT2D eigenvalue weighted by molar-refractivity contribution is -0.0419. The van der Waals surface area contributed by atoms with Gasteiger partial charge in [-0.3, -0.25) is 0 Å². The first-order chi connectivity index (χ1) is 9.04. The first-order valence-electron chi connectivity index (χ1n) is 7.36. The molecule has 0 aromatic heterocycles. The van der Waals surface area contributed by atoms with Crippen molar-refractivity contribution in [3.63, 3.8) is 0 Å². The summed E-state index contributed by atoms with van der Waals surface area (Å²) in [6, 6.07) is 10.6. The molecule has 0 N–H and O–H groups in total. The molecule has 0 fully saturated rings. The molecule has 0 aliphatic rings. The van der Waals surface area contributed by atoms with Gasteiger partial charge in [0.05, 0.1) is 12.2 Å². The molecule has 0 saturated heterocycles. The maximum absolute atomic E-state index is 6.23. The lowest BCUT2D eigenvalue weighted by atomic mass is 9.95. The summed E-state index contributed by atoms with van der Waals surface area (Å²) in [7, 11) is 0. The van der Waals surface area contributed by atoms with Gasteiger partial charge in [0.25, 0.3) is 0 Å². The van der Waals surface area contributed by atoms with Crippen LogP contribution in [0.4, 0.5) is 0 Å². The lowest BCUT2D eigenvalue weighted by Gasteiger charge is -2.29. The Morgan fingerprint density at radius 2 is 1.63 bits per heavy atom. The van der Waals surface area contributed by atoms with E-state index in [1.165, 1.54) is 5.56 Å². The van der Waals surface area contributed by atoms with Gasteiger partial charge in [0.2, 0.25) is 0 Å². The van der Waals surface area contributed by atoms with Crippen LogP contribution in [-0.4, -0.2) is 12.2 Å². The zero-order valence-corrected chi connectivity index (χ0v) is 12.8. The van der Waals surface area contributed by atoms with Crippen molar-refractivity contribution in [2.75, 3.05) is 0 Å². The monoisotopic (exact) mass is 260 g/mol. The number of rotatable bonds is 8. The molecule has 1 aromatic rings. The van der Waals surface area contributed by atoms with Gasteiger partial charge >= 0.3 is 0 Å². The molecule has 0 amide bonds. The smallest absolute Gasteiger partial charge is 0.0760 e. The fourth-order valence-corrected chi connectivity index (χ4v) is 2.48. The molecule has 1 heteroatoms. The van der Waals surface area contributed by atoms with Gasteiger partial charge in [-0.25, -0.2) is 0 Å². The highest BCUT2D eigenvalue weighted by Crippen LogP contribution is 2.20. The summed E-state index contributed by atoms with van der Waals surface area (Å²) in [5, 5.41) is 0. The third-order valence-corrected chi connectivity index (χ3v) is 3.47. The van der Waals surface area contributed by atoms with Gasteiger partial charge in [0.1, 0.15) is 0 Å². The van der Waals surface area contributed by atoms with Gasteiger partial charge in [-0.1, -0.05) is 64.1 Å². The first-order valence-corrected chi connectivity index (χ1v) is 7.36. The minimum atomic E-state index is 0.148. The van der Waals surface area contributed by atoms with Crippen molar-refractivity contribution in [2.45, 2.75) is 52.7 Å². The van der Waals surface area contributed by atoms with Gasteiger partial charge in [-0.15, -0.1) is 6.58 Å². The van der Waals surface area contributed by atoms with E-state index in [1.807, 2.05) is 6.08 Å². The van der Waals surface area contributed by atoms with Crippen molar-refractivity contribution < 1.29 is 4.74 Å². The Bertz CT molecular complexity index is 345. The van der Waals surface area contributed by atoms with Gasteiger partial charge in [0.15, 0.2) is 0 Å². The molecule has 0 saturated carbocycles. The van der Waals surface area contributed by atoms with E-state index in [4.69, 9.17) is 4.74 Å². The Morgan fingerprint density at radius 1 is 1.05 bits per heavy atom. The predicted octanol–water partition coefficient (Wildman–Crippen LogP) is 4.87. The number of aryl methyl sites for hydroxylation is 1. The van der Waals surface area contributed by atoms with Gasteiger partial charge in [-0.05, 0) is 30.2 Å². The number of hydrogen-bond acceptors (Lipinski definition) is 1. The SMILES string of the molecule is C=CC(CCc1ccccc1)OC(C(C)C)C(C)C. The number of hydrogen-bond donors (Lipinski definition) is 0. The molecule has 0 aliphatic carbocycles. The number of benzene rings is 1. The molecule has 1 nitrogen and oxygen atoms in total. The molecular formula is C18H28O. The van der Waals surface area contributed by atoms with E-state index in [0.717, 1.165) is 12.8 Å². The Labute approximate surface area is 118 Å². The third kappa shape index (κ3) is 5.61. The van der Waals surface area contributed by atoms with Crippen molar-refractivity contribution in [3.05, 3.63) is 48.6 Å². The molecule has 19 heavy (non-hydrogen) atoms. The van der Waals surface area contributed by atoms with Gasteiger partial charge < -0.3 is 4.74 Å². The van der Waals surface area contributed by atoms with Crippen LogP contribution in [0.5, 0.6) is 0 Å². The number of ether oxygens (including phenoxy) is 1. The van der Waals surface area contributed by atoms with Crippen molar-refractivity contribution in [3.8, 4) is 0 Å². The van der Waals surface area contributed by atoms with Crippen LogP contribution in [0.2, 0.25) is 0 Å². The largest absolute Gasteiger partial charge is 0.370 e. The molecule has 1 atom stereocenters. The standard InChI is InChI=1S/C18H28O/c1-6-17(19-18(14(2)3)15(4)5)13-12-16-10-8-7-9-11-16/h6-11,14-15,17-18H,1,12-13H2,2-5H3. The van der Waals surface area contributed by atoms with Crippen molar-refractivity contribution in [1.82, 2.24) is 0 Å². The van der Waals surface area contributed by atoms with Gasteiger partial charge in [0, 0.05) is 0 Å².